The fraction of sp³-hybridized carbons (Fsp3) is 0. The van der Waals surface area contributed by atoms with E-state index < -0.39 is 0 Å². The number of hydrogen-bond donors (Lipinski definition) is 1. The molecule has 1 N–H and O–H groups in total. The van der Waals surface area contributed by atoms with Gasteiger partial charge in [-0.25, -0.2) is 0 Å². The third-order valence-corrected chi connectivity index (χ3v) is 2.63. The highest BCUT2D eigenvalue weighted by atomic mass is 127. The van der Waals surface area contributed by atoms with E-state index in [9.17, 15) is 9.90 Å². The van der Waals surface area contributed by atoms with Crippen molar-refractivity contribution < 1.29 is 9.90 Å². The molecule has 1 aromatic carbocycles. The maximum atomic E-state index is 10.9. The average molecular weight is 374 g/mol. The Morgan fingerprint density at radius 1 is 1.45 bits per heavy atom. The number of carbonyl (C=O) groups excluding carboxylic acids is 1. The molecule has 58 valence electrons. The molecule has 0 aliphatic heterocycles. The first-order valence-corrected chi connectivity index (χ1v) is 4.96. The van der Waals surface area contributed by atoms with Gasteiger partial charge in [0.15, 0.2) is 0 Å². The van der Waals surface area contributed by atoms with Crippen LogP contribution >= 0.6 is 45.2 Å². The van der Waals surface area contributed by atoms with E-state index in [1.54, 1.807) is 34.7 Å². The van der Waals surface area contributed by atoms with Gasteiger partial charge in [-0.05, 0) is 34.7 Å². The van der Waals surface area contributed by atoms with Crippen molar-refractivity contribution in [3.8, 4) is 5.75 Å². The maximum absolute atomic E-state index is 10.9. The molecule has 0 heterocycles. The number of phenols is 1. The number of carbonyl (C=O) groups is 1. The van der Waals surface area contributed by atoms with Crippen LogP contribution in [0.4, 0.5) is 0 Å². The van der Waals surface area contributed by atoms with Crippen LogP contribution in [0.1, 0.15) is 10.4 Å². The van der Waals surface area contributed by atoms with Crippen molar-refractivity contribution in [3.63, 3.8) is 0 Å². The fourth-order valence-electron chi connectivity index (χ4n) is 0.707. The van der Waals surface area contributed by atoms with Crippen LogP contribution in [-0.2, 0) is 0 Å². The molecule has 0 aliphatic rings. The monoisotopic (exact) mass is 374 g/mol. The van der Waals surface area contributed by atoms with E-state index in [4.69, 9.17) is 0 Å². The predicted octanol–water partition coefficient (Wildman–Crippen LogP) is 2.57. The van der Waals surface area contributed by atoms with Gasteiger partial charge in [0, 0.05) is 26.2 Å². The average Bonchev–Trinajstić information content (AvgIpc) is 1.85. The Bertz CT molecular complexity index is 276. The zero-order valence-corrected chi connectivity index (χ0v) is 9.66. The molecule has 1 rings (SSSR count). The van der Waals surface area contributed by atoms with Crippen molar-refractivity contribution in [3.05, 3.63) is 27.3 Å². The summed E-state index contributed by atoms with van der Waals surface area (Å²) in [5.74, 6) is 0.0521. The van der Waals surface area contributed by atoms with Gasteiger partial charge in [-0.15, -0.1) is 0 Å². The Hall–Kier alpha value is 0.150. The van der Waals surface area contributed by atoms with Gasteiger partial charge < -0.3 is 5.11 Å². The summed E-state index contributed by atoms with van der Waals surface area (Å²) < 4.78 is 0.645. The molecule has 0 atom stereocenters. The first-order valence-electron chi connectivity index (χ1n) is 2.80. The number of phenolic OH excluding ortho intramolecular Hbond substituents is 1. The summed E-state index contributed by atoms with van der Waals surface area (Å²) in [4.78, 5) is 10.9. The summed E-state index contributed by atoms with van der Waals surface area (Å²) in [5.41, 5.74) is 0.397. The first-order chi connectivity index (χ1) is 5.13. The van der Waals surface area contributed by atoms with Crippen molar-refractivity contribution in [1.29, 1.82) is 0 Å². The van der Waals surface area contributed by atoms with Gasteiger partial charge in [0.25, 0.3) is 0 Å². The van der Waals surface area contributed by atoms with Crippen LogP contribution in [0, 0.1) is 3.57 Å². The topological polar surface area (TPSA) is 37.3 Å². The molecule has 1 aromatic rings. The van der Waals surface area contributed by atoms with Crippen molar-refractivity contribution >= 4 is 49.0 Å². The van der Waals surface area contributed by atoms with Crippen molar-refractivity contribution in [1.82, 2.24) is 0 Å². The maximum Gasteiger partial charge on any atom is 0.227 e. The van der Waals surface area contributed by atoms with E-state index in [1.165, 1.54) is 6.07 Å². The van der Waals surface area contributed by atoms with Gasteiger partial charge in [-0.2, -0.15) is 0 Å². The van der Waals surface area contributed by atoms with Gasteiger partial charge >= 0.3 is 0 Å². The second-order valence-electron chi connectivity index (χ2n) is 1.91. The molecule has 11 heavy (non-hydrogen) atoms. The third kappa shape index (κ3) is 2.05. The lowest BCUT2D eigenvalue weighted by Gasteiger charge is -2.00. The number of rotatable bonds is 1. The predicted molar refractivity (Wildman–Crippen MR) is 59.2 cm³/mol. The molecule has 0 spiro atoms. The largest absolute Gasteiger partial charge is 0.507 e. The summed E-state index contributed by atoms with van der Waals surface area (Å²) in [5, 5.41) is 9.23. The van der Waals surface area contributed by atoms with Crippen LogP contribution in [-0.4, -0.2) is 8.90 Å². The first kappa shape index (κ1) is 9.24. The summed E-state index contributed by atoms with van der Waals surface area (Å²) in [6.45, 7) is 0. The van der Waals surface area contributed by atoms with E-state index in [0.717, 1.165) is 3.57 Å². The molecule has 0 saturated heterocycles. The molecule has 2 nitrogen and oxygen atoms in total. The fourth-order valence-corrected chi connectivity index (χ4v) is 2.52. The van der Waals surface area contributed by atoms with Gasteiger partial charge in [-0.1, -0.05) is 6.07 Å². The summed E-state index contributed by atoms with van der Waals surface area (Å²) in [6, 6.07) is 5.00. The highest BCUT2D eigenvalue weighted by Gasteiger charge is 2.10. The number of benzene rings is 1. The minimum absolute atomic E-state index is 0.0521. The lowest BCUT2D eigenvalue weighted by atomic mass is 10.2. The third-order valence-electron chi connectivity index (χ3n) is 1.19. The summed E-state index contributed by atoms with van der Waals surface area (Å²) >= 11 is 3.67. The lowest BCUT2D eigenvalue weighted by Crippen LogP contribution is -1.92. The molecule has 0 bridgehead atoms. The Morgan fingerprint density at radius 3 is 2.45 bits per heavy atom. The minimum atomic E-state index is -0.134. The van der Waals surface area contributed by atoms with Crippen molar-refractivity contribution in [2.45, 2.75) is 0 Å². The Kier molecular flexibility index (Phi) is 3.11. The normalized spacial score (nSPS) is 9.64. The Labute approximate surface area is 91.3 Å². The Morgan fingerprint density at radius 2 is 2.09 bits per heavy atom. The molecule has 0 aromatic heterocycles. The van der Waals surface area contributed by atoms with Crippen molar-refractivity contribution in [2.75, 3.05) is 0 Å². The second kappa shape index (κ2) is 3.70. The minimum Gasteiger partial charge on any atom is -0.507 e. The van der Waals surface area contributed by atoms with E-state index >= 15 is 0 Å². The Balaban J connectivity index is 3.32. The van der Waals surface area contributed by atoms with Crippen LogP contribution in [0.3, 0.4) is 0 Å². The molecule has 0 saturated carbocycles. The SMILES string of the molecule is O=C(I)c1c(O)cccc1I. The van der Waals surface area contributed by atoms with E-state index in [1.807, 2.05) is 22.6 Å². The van der Waals surface area contributed by atoms with Crippen LogP contribution in [0.2, 0.25) is 0 Å². The van der Waals surface area contributed by atoms with Gasteiger partial charge in [0.05, 0.1) is 5.56 Å². The van der Waals surface area contributed by atoms with Crippen LogP contribution < -0.4 is 0 Å². The van der Waals surface area contributed by atoms with Crippen LogP contribution in [0.25, 0.3) is 0 Å². The van der Waals surface area contributed by atoms with Crippen molar-refractivity contribution in [2.24, 2.45) is 0 Å². The van der Waals surface area contributed by atoms with Gasteiger partial charge in [0.2, 0.25) is 3.79 Å². The zero-order valence-electron chi connectivity index (χ0n) is 5.34. The van der Waals surface area contributed by atoms with E-state index in [0.29, 0.717) is 5.56 Å². The molecule has 0 fully saturated rings. The molecule has 4 heteroatoms. The quantitative estimate of drug-likeness (QED) is 0.607. The summed E-state index contributed by atoms with van der Waals surface area (Å²) in [6.07, 6.45) is 0. The standard InChI is InChI=1S/C7H4I2O2/c8-4-2-1-3-5(10)6(4)7(9)11/h1-3,10H. The van der Waals surface area contributed by atoms with E-state index in [2.05, 4.69) is 0 Å². The van der Waals surface area contributed by atoms with Gasteiger partial charge in [0.1, 0.15) is 5.75 Å². The number of hydrogen-bond acceptors (Lipinski definition) is 2. The number of aromatic hydroxyl groups is 1. The zero-order chi connectivity index (χ0) is 8.43. The van der Waals surface area contributed by atoms with Crippen LogP contribution in [0.5, 0.6) is 5.75 Å². The molecule has 0 aliphatic carbocycles. The second-order valence-corrected chi connectivity index (χ2v) is 4.05. The van der Waals surface area contributed by atoms with Crippen LogP contribution in [0.15, 0.2) is 18.2 Å². The summed E-state index contributed by atoms with van der Waals surface area (Å²) in [7, 11) is 0. The van der Waals surface area contributed by atoms with Gasteiger partial charge in [-0.3, -0.25) is 4.79 Å². The smallest absolute Gasteiger partial charge is 0.227 e. The van der Waals surface area contributed by atoms with E-state index in [-0.39, 0.29) is 9.54 Å². The number of halogens is 2. The molecule has 0 radical (unpaired) electrons. The molecular formula is C7H4I2O2. The lowest BCUT2D eigenvalue weighted by molar-refractivity contribution is 0.110. The molecule has 0 amide bonds. The molecule has 0 unspecified atom stereocenters. The highest BCUT2D eigenvalue weighted by Crippen LogP contribution is 2.24. The molecular weight excluding hydrogens is 370 g/mol. The highest BCUT2D eigenvalue weighted by molar-refractivity contribution is 14.1.